The van der Waals surface area contributed by atoms with Crippen molar-refractivity contribution in [3.05, 3.63) is 0 Å². The van der Waals surface area contributed by atoms with E-state index in [0.717, 1.165) is 31.8 Å². The van der Waals surface area contributed by atoms with Crippen LogP contribution in [0.15, 0.2) is 4.99 Å². The summed E-state index contributed by atoms with van der Waals surface area (Å²) in [6.45, 7) is 7.55. The van der Waals surface area contributed by atoms with Crippen molar-refractivity contribution in [3.8, 4) is 0 Å². The molecule has 0 unspecified atom stereocenters. The monoisotopic (exact) mass is 323 g/mol. The third kappa shape index (κ3) is 8.77. The Balaban J connectivity index is 1.89. The summed E-state index contributed by atoms with van der Waals surface area (Å²) in [6, 6.07) is 0. The van der Waals surface area contributed by atoms with E-state index in [1.54, 1.807) is 0 Å². The maximum absolute atomic E-state index is 5.80. The zero-order valence-corrected chi connectivity index (χ0v) is 16.2. The van der Waals surface area contributed by atoms with Crippen LogP contribution in [-0.4, -0.2) is 18.0 Å². The lowest BCUT2D eigenvalue weighted by molar-refractivity contribution is 0.240. The van der Waals surface area contributed by atoms with Gasteiger partial charge in [0, 0.05) is 6.42 Å². The molecule has 0 aromatic heterocycles. The molecule has 1 rings (SSSR count). The Morgan fingerprint density at radius 2 is 1.22 bits per heavy atom. The van der Waals surface area contributed by atoms with Crippen molar-refractivity contribution >= 4 is 5.90 Å². The molecule has 0 aromatic rings. The highest BCUT2D eigenvalue weighted by atomic mass is 16.5. The third-order valence-corrected chi connectivity index (χ3v) is 5.43. The predicted molar refractivity (Wildman–Crippen MR) is 102 cm³/mol. The fraction of sp³-hybridized carbons (Fsp3) is 0.952. The molecule has 0 saturated heterocycles. The van der Waals surface area contributed by atoms with Gasteiger partial charge in [-0.3, -0.25) is 0 Å². The Hall–Kier alpha value is -0.530. The topological polar surface area (TPSA) is 21.6 Å². The molecule has 0 fully saturated rings. The maximum atomic E-state index is 5.80. The summed E-state index contributed by atoms with van der Waals surface area (Å²) in [5.41, 5.74) is 0.104. The largest absolute Gasteiger partial charge is 0.478 e. The number of ether oxygens (including phenoxy) is 1. The van der Waals surface area contributed by atoms with Gasteiger partial charge in [-0.2, -0.15) is 0 Å². The van der Waals surface area contributed by atoms with Crippen LogP contribution in [0, 0.1) is 0 Å². The van der Waals surface area contributed by atoms with E-state index < -0.39 is 0 Å². The quantitative estimate of drug-likeness (QED) is 0.295. The van der Waals surface area contributed by atoms with Crippen LogP contribution in [-0.2, 0) is 4.74 Å². The van der Waals surface area contributed by atoms with E-state index in [2.05, 4.69) is 20.8 Å². The van der Waals surface area contributed by atoms with Crippen LogP contribution in [0.1, 0.15) is 117 Å². The minimum atomic E-state index is 0.104. The van der Waals surface area contributed by atoms with Crippen LogP contribution in [0.5, 0.6) is 0 Å². The van der Waals surface area contributed by atoms with Crippen molar-refractivity contribution in [1.29, 1.82) is 0 Å². The fourth-order valence-corrected chi connectivity index (χ4v) is 3.40. The van der Waals surface area contributed by atoms with Crippen LogP contribution in [0.4, 0.5) is 0 Å². The first-order valence-electron chi connectivity index (χ1n) is 10.5. The molecular formula is C21H41NO. The molecule has 1 heterocycles. The minimum absolute atomic E-state index is 0.104. The number of rotatable bonds is 15. The summed E-state index contributed by atoms with van der Waals surface area (Å²) in [5.74, 6) is 1.03. The first kappa shape index (κ1) is 20.5. The molecule has 2 heteroatoms. The molecule has 0 amide bonds. The molecule has 0 spiro atoms. The van der Waals surface area contributed by atoms with Crippen LogP contribution in [0.25, 0.3) is 0 Å². The highest BCUT2D eigenvalue weighted by Gasteiger charge is 2.32. The molecule has 23 heavy (non-hydrogen) atoms. The van der Waals surface area contributed by atoms with Crippen molar-refractivity contribution in [1.82, 2.24) is 0 Å². The maximum Gasteiger partial charge on any atom is 0.183 e. The van der Waals surface area contributed by atoms with E-state index in [9.17, 15) is 0 Å². The first-order chi connectivity index (χ1) is 11.3. The van der Waals surface area contributed by atoms with Gasteiger partial charge in [-0.05, 0) is 19.3 Å². The molecule has 0 bridgehead atoms. The zero-order valence-electron chi connectivity index (χ0n) is 16.2. The summed E-state index contributed by atoms with van der Waals surface area (Å²) >= 11 is 0. The Morgan fingerprint density at radius 1 is 0.739 bits per heavy atom. The number of aliphatic imine (C=N–C) groups is 1. The van der Waals surface area contributed by atoms with Gasteiger partial charge < -0.3 is 4.74 Å². The molecule has 0 atom stereocenters. The van der Waals surface area contributed by atoms with Crippen LogP contribution < -0.4 is 0 Å². The Bertz CT molecular complexity index is 307. The second kappa shape index (κ2) is 12.8. The molecule has 0 N–H and O–H groups in total. The van der Waals surface area contributed by atoms with E-state index in [1.165, 1.54) is 77.0 Å². The van der Waals surface area contributed by atoms with Crippen molar-refractivity contribution in [2.24, 2.45) is 4.99 Å². The Labute approximate surface area is 145 Å². The molecule has 0 aliphatic carbocycles. The van der Waals surface area contributed by atoms with Crippen molar-refractivity contribution in [2.45, 2.75) is 123 Å². The van der Waals surface area contributed by atoms with E-state index in [4.69, 9.17) is 9.73 Å². The second-order valence-corrected chi connectivity index (χ2v) is 7.36. The van der Waals surface area contributed by atoms with Crippen molar-refractivity contribution in [2.75, 3.05) is 6.61 Å². The molecule has 1 aliphatic heterocycles. The zero-order chi connectivity index (χ0) is 16.8. The molecule has 0 aromatic carbocycles. The van der Waals surface area contributed by atoms with Gasteiger partial charge in [0.2, 0.25) is 0 Å². The molecular weight excluding hydrogens is 282 g/mol. The van der Waals surface area contributed by atoms with Gasteiger partial charge in [0.1, 0.15) is 6.61 Å². The van der Waals surface area contributed by atoms with E-state index in [0.29, 0.717) is 0 Å². The Kier molecular flexibility index (Phi) is 11.5. The average molecular weight is 324 g/mol. The van der Waals surface area contributed by atoms with Crippen LogP contribution in [0.3, 0.4) is 0 Å². The molecule has 1 aliphatic rings. The first-order valence-corrected chi connectivity index (χ1v) is 10.5. The number of nitrogens with zero attached hydrogens (tertiary/aromatic N) is 1. The highest BCUT2D eigenvalue weighted by Crippen LogP contribution is 2.27. The van der Waals surface area contributed by atoms with Gasteiger partial charge in [0.05, 0.1) is 5.54 Å². The minimum Gasteiger partial charge on any atom is -0.478 e. The van der Waals surface area contributed by atoms with Gasteiger partial charge in [-0.1, -0.05) is 91.4 Å². The number of hydrogen-bond acceptors (Lipinski definition) is 2. The van der Waals surface area contributed by atoms with Gasteiger partial charge in [-0.25, -0.2) is 4.99 Å². The van der Waals surface area contributed by atoms with E-state index in [1.807, 2.05) is 0 Å². The van der Waals surface area contributed by atoms with Gasteiger partial charge in [-0.15, -0.1) is 0 Å². The summed E-state index contributed by atoms with van der Waals surface area (Å²) in [5, 5.41) is 0. The molecule has 136 valence electrons. The van der Waals surface area contributed by atoms with E-state index in [-0.39, 0.29) is 5.54 Å². The smallest absolute Gasteiger partial charge is 0.183 e. The standard InChI is InChI=1S/C21H41NO/c1-4-7-8-9-10-11-12-13-14-15-16-17-18-20-22-21(5-2,6-3)19-23-20/h4-19H2,1-3H3. The fourth-order valence-electron chi connectivity index (χ4n) is 3.40. The van der Waals surface area contributed by atoms with Crippen LogP contribution in [0.2, 0.25) is 0 Å². The second-order valence-electron chi connectivity index (χ2n) is 7.36. The lowest BCUT2D eigenvalue weighted by atomic mass is 9.96. The Morgan fingerprint density at radius 3 is 1.65 bits per heavy atom. The number of unbranched alkanes of at least 4 members (excludes halogenated alkanes) is 11. The van der Waals surface area contributed by atoms with Gasteiger partial charge >= 0.3 is 0 Å². The average Bonchev–Trinajstić information content (AvgIpc) is 3.00. The summed E-state index contributed by atoms with van der Waals surface area (Å²) in [4.78, 5) is 4.84. The highest BCUT2D eigenvalue weighted by molar-refractivity contribution is 5.78. The van der Waals surface area contributed by atoms with Gasteiger partial charge in [0.15, 0.2) is 5.90 Å². The summed E-state index contributed by atoms with van der Waals surface area (Å²) < 4.78 is 5.80. The third-order valence-electron chi connectivity index (χ3n) is 5.43. The molecule has 0 saturated carbocycles. The van der Waals surface area contributed by atoms with Crippen molar-refractivity contribution < 1.29 is 4.74 Å². The predicted octanol–water partition coefficient (Wildman–Crippen LogP) is 7.07. The normalized spacial score (nSPS) is 16.4. The van der Waals surface area contributed by atoms with Crippen molar-refractivity contribution in [3.63, 3.8) is 0 Å². The van der Waals surface area contributed by atoms with E-state index >= 15 is 0 Å². The molecule has 2 nitrogen and oxygen atoms in total. The van der Waals surface area contributed by atoms with Crippen LogP contribution >= 0.6 is 0 Å². The summed E-state index contributed by atoms with van der Waals surface area (Å²) in [6.07, 6.45) is 20.1. The molecule has 0 radical (unpaired) electrons. The SMILES string of the molecule is CCCCCCCCCCCCCCC1=NC(CC)(CC)CO1. The lowest BCUT2D eigenvalue weighted by Crippen LogP contribution is -2.25. The van der Waals surface area contributed by atoms with Gasteiger partial charge in [0.25, 0.3) is 0 Å². The summed E-state index contributed by atoms with van der Waals surface area (Å²) in [7, 11) is 0. The lowest BCUT2D eigenvalue weighted by Gasteiger charge is -2.18. The number of hydrogen-bond donors (Lipinski definition) is 0.